The van der Waals surface area contributed by atoms with Gasteiger partial charge in [-0.3, -0.25) is 4.79 Å². The summed E-state index contributed by atoms with van der Waals surface area (Å²) in [6, 6.07) is 5.43. The van der Waals surface area contributed by atoms with Crippen LogP contribution in [0.3, 0.4) is 0 Å². The van der Waals surface area contributed by atoms with Gasteiger partial charge in [0.05, 0.1) is 12.7 Å². The van der Waals surface area contributed by atoms with Gasteiger partial charge < -0.3 is 9.30 Å². The van der Waals surface area contributed by atoms with Crippen LogP contribution in [-0.2, 0) is 7.05 Å². The van der Waals surface area contributed by atoms with Gasteiger partial charge in [0.1, 0.15) is 11.6 Å². The largest absolute Gasteiger partial charge is 0.496 e. The van der Waals surface area contributed by atoms with Crippen molar-refractivity contribution in [2.24, 2.45) is 7.05 Å². The summed E-state index contributed by atoms with van der Waals surface area (Å²) in [4.78, 5) is 15.1. The molecule has 0 spiro atoms. The molecule has 16 heavy (non-hydrogen) atoms. The monoisotopic (exact) mass is 216 g/mol. The van der Waals surface area contributed by atoms with E-state index in [9.17, 15) is 4.79 Å². The number of hydrogen-bond donors (Lipinski definition) is 0. The molecule has 1 aromatic carbocycles. The van der Waals surface area contributed by atoms with Crippen LogP contribution in [0.4, 0.5) is 0 Å². The Hall–Kier alpha value is -2.10. The predicted molar refractivity (Wildman–Crippen MR) is 60.6 cm³/mol. The van der Waals surface area contributed by atoms with E-state index in [1.54, 1.807) is 25.4 Å². The molecule has 0 atom stereocenters. The summed E-state index contributed by atoms with van der Waals surface area (Å²) < 4.78 is 6.98. The van der Waals surface area contributed by atoms with Crippen molar-refractivity contribution in [2.75, 3.05) is 7.11 Å². The predicted octanol–water partition coefficient (Wildman–Crippen LogP) is 1.91. The number of rotatable bonds is 3. The first kappa shape index (κ1) is 10.4. The molecule has 0 amide bonds. The molecular weight excluding hydrogens is 204 g/mol. The third kappa shape index (κ3) is 1.69. The van der Waals surface area contributed by atoms with Crippen LogP contribution in [0.2, 0.25) is 0 Å². The van der Waals surface area contributed by atoms with Crippen molar-refractivity contribution < 1.29 is 9.53 Å². The normalized spacial score (nSPS) is 10.1. The highest BCUT2D eigenvalue weighted by Gasteiger charge is 2.07. The SMILES string of the molecule is COc1ccc(-c2nccn2C)cc1C=O. The first-order chi connectivity index (χ1) is 7.76. The van der Waals surface area contributed by atoms with Gasteiger partial charge in [-0.05, 0) is 18.2 Å². The zero-order chi connectivity index (χ0) is 11.5. The number of ether oxygens (including phenoxy) is 1. The van der Waals surface area contributed by atoms with Crippen molar-refractivity contribution in [3.05, 3.63) is 36.2 Å². The van der Waals surface area contributed by atoms with Gasteiger partial charge >= 0.3 is 0 Å². The van der Waals surface area contributed by atoms with Crippen LogP contribution in [0.25, 0.3) is 11.4 Å². The van der Waals surface area contributed by atoms with Gasteiger partial charge in [0.15, 0.2) is 6.29 Å². The second-order valence-corrected chi connectivity index (χ2v) is 3.44. The second-order valence-electron chi connectivity index (χ2n) is 3.44. The van der Waals surface area contributed by atoms with E-state index in [0.717, 1.165) is 17.7 Å². The molecule has 1 aromatic heterocycles. The zero-order valence-electron chi connectivity index (χ0n) is 9.18. The summed E-state index contributed by atoms with van der Waals surface area (Å²) >= 11 is 0. The fraction of sp³-hybridized carbons (Fsp3) is 0.167. The van der Waals surface area contributed by atoms with E-state index in [1.807, 2.05) is 23.9 Å². The lowest BCUT2D eigenvalue weighted by Gasteiger charge is -2.06. The van der Waals surface area contributed by atoms with Crippen LogP contribution >= 0.6 is 0 Å². The van der Waals surface area contributed by atoms with Gasteiger partial charge in [-0.1, -0.05) is 0 Å². The number of imidazole rings is 1. The molecule has 0 unspecified atom stereocenters. The number of carbonyl (C=O) groups is 1. The lowest BCUT2D eigenvalue weighted by Crippen LogP contribution is -1.95. The summed E-state index contributed by atoms with van der Waals surface area (Å²) in [5.74, 6) is 1.40. The van der Waals surface area contributed by atoms with Gasteiger partial charge in [-0.2, -0.15) is 0 Å². The average molecular weight is 216 g/mol. The Morgan fingerprint density at radius 1 is 1.44 bits per heavy atom. The third-order valence-corrected chi connectivity index (χ3v) is 2.44. The van der Waals surface area contributed by atoms with Crippen molar-refractivity contribution in [2.45, 2.75) is 0 Å². The minimum absolute atomic E-state index is 0.531. The fourth-order valence-corrected chi connectivity index (χ4v) is 1.61. The Bertz CT molecular complexity index is 517. The number of aldehydes is 1. The molecule has 0 fully saturated rings. The molecule has 2 aromatic rings. The first-order valence-electron chi connectivity index (χ1n) is 4.87. The molecule has 0 saturated heterocycles. The molecule has 4 nitrogen and oxygen atoms in total. The molecular formula is C12H12N2O2. The average Bonchev–Trinajstić information content (AvgIpc) is 2.74. The first-order valence-corrected chi connectivity index (χ1v) is 4.87. The van der Waals surface area contributed by atoms with E-state index >= 15 is 0 Å². The van der Waals surface area contributed by atoms with E-state index < -0.39 is 0 Å². The van der Waals surface area contributed by atoms with Crippen molar-refractivity contribution >= 4 is 6.29 Å². The maximum atomic E-state index is 10.9. The smallest absolute Gasteiger partial charge is 0.153 e. The third-order valence-electron chi connectivity index (χ3n) is 2.44. The number of benzene rings is 1. The number of aromatic nitrogens is 2. The number of nitrogens with zero attached hydrogens (tertiary/aromatic N) is 2. The Balaban J connectivity index is 2.52. The lowest BCUT2D eigenvalue weighted by molar-refractivity contribution is 0.112. The highest BCUT2D eigenvalue weighted by atomic mass is 16.5. The van der Waals surface area contributed by atoms with Crippen LogP contribution in [-0.4, -0.2) is 22.9 Å². The van der Waals surface area contributed by atoms with Crippen LogP contribution in [0.15, 0.2) is 30.6 Å². The topological polar surface area (TPSA) is 44.1 Å². The molecule has 1 heterocycles. The van der Waals surface area contributed by atoms with Crippen molar-refractivity contribution in [3.63, 3.8) is 0 Å². The Morgan fingerprint density at radius 3 is 2.81 bits per heavy atom. The Morgan fingerprint density at radius 2 is 2.25 bits per heavy atom. The molecule has 0 aliphatic heterocycles. The molecule has 2 rings (SSSR count). The summed E-state index contributed by atoms with van der Waals surface area (Å²) in [6.07, 6.45) is 4.37. The van der Waals surface area contributed by atoms with Gasteiger partial charge in [0, 0.05) is 25.0 Å². The van der Waals surface area contributed by atoms with Gasteiger partial charge in [-0.15, -0.1) is 0 Å². The highest BCUT2D eigenvalue weighted by molar-refractivity contribution is 5.82. The van der Waals surface area contributed by atoms with Crippen molar-refractivity contribution in [3.8, 4) is 17.1 Å². The number of aryl methyl sites for hydroxylation is 1. The van der Waals surface area contributed by atoms with Crippen molar-refractivity contribution in [1.82, 2.24) is 9.55 Å². The highest BCUT2D eigenvalue weighted by Crippen LogP contribution is 2.24. The Labute approximate surface area is 93.5 Å². The lowest BCUT2D eigenvalue weighted by atomic mass is 10.1. The number of hydrogen-bond acceptors (Lipinski definition) is 3. The van der Waals surface area contributed by atoms with Gasteiger partial charge in [0.2, 0.25) is 0 Å². The van der Waals surface area contributed by atoms with Crippen LogP contribution in [0.5, 0.6) is 5.75 Å². The number of methoxy groups -OCH3 is 1. The standard InChI is InChI=1S/C12H12N2O2/c1-14-6-5-13-12(14)9-3-4-11(16-2)10(7-9)8-15/h3-8H,1-2H3. The van der Waals surface area contributed by atoms with E-state index in [0.29, 0.717) is 11.3 Å². The molecule has 0 N–H and O–H groups in total. The fourth-order valence-electron chi connectivity index (χ4n) is 1.61. The summed E-state index contributed by atoms with van der Waals surface area (Å²) in [7, 11) is 3.45. The van der Waals surface area contributed by atoms with Crippen LogP contribution in [0, 0.1) is 0 Å². The summed E-state index contributed by atoms with van der Waals surface area (Å²) in [5.41, 5.74) is 1.43. The minimum Gasteiger partial charge on any atom is -0.496 e. The molecule has 0 saturated carbocycles. The van der Waals surface area contributed by atoms with E-state index in [-0.39, 0.29) is 0 Å². The van der Waals surface area contributed by atoms with E-state index in [4.69, 9.17) is 4.74 Å². The maximum Gasteiger partial charge on any atom is 0.153 e. The summed E-state index contributed by atoms with van der Waals surface area (Å²) in [5, 5.41) is 0. The van der Waals surface area contributed by atoms with Crippen LogP contribution < -0.4 is 4.74 Å². The zero-order valence-corrected chi connectivity index (χ0v) is 9.18. The Kier molecular flexibility index (Phi) is 2.72. The molecule has 4 heteroatoms. The molecule has 0 radical (unpaired) electrons. The molecule has 0 aliphatic carbocycles. The second kappa shape index (κ2) is 4.18. The molecule has 0 aliphatic rings. The molecule has 0 bridgehead atoms. The van der Waals surface area contributed by atoms with E-state index in [2.05, 4.69) is 4.98 Å². The van der Waals surface area contributed by atoms with E-state index in [1.165, 1.54) is 0 Å². The van der Waals surface area contributed by atoms with Crippen molar-refractivity contribution in [1.29, 1.82) is 0 Å². The molecule has 82 valence electrons. The minimum atomic E-state index is 0.531. The van der Waals surface area contributed by atoms with Crippen LogP contribution in [0.1, 0.15) is 10.4 Å². The quantitative estimate of drug-likeness (QED) is 0.736. The van der Waals surface area contributed by atoms with Gasteiger partial charge in [-0.25, -0.2) is 4.98 Å². The number of carbonyl (C=O) groups excluding carboxylic acids is 1. The van der Waals surface area contributed by atoms with Gasteiger partial charge in [0.25, 0.3) is 0 Å². The summed E-state index contributed by atoms with van der Waals surface area (Å²) in [6.45, 7) is 0. The maximum absolute atomic E-state index is 10.9.